The summed E-state index contributed by atoms with van der Waals surface area (Å²) >= 11 is 0. The molecule has 0 spiro atoms. The van der Waals surface area contributed by atoms with Crippen LogP contribution >= 0.6 is 0 Å². The molecular weight excluding hydrogens is 422 g/mol. The van der Waals surface area contributed by atoms with Crippen molar-refractivity contribution in [3.05, 3.63) is 71.5 Å². The number of halogens is 5. The molecule has 0 aliphatic rings. The van der Waals surface area contributed by atoms with Crippen LogP contribution in [0.15, 0.2) is 36.4 Å². The second-order valence-corrected chi connectivity index (χ2v) is 3.01. The molecule has 100 valence electrons. The van der Waals surface area contributed by atoms with Crippen LogP contribution in [0.3, 0.4) is 0 Å². The van der Waals surface area contributed by atoms with Gasteiger partial charge in [-0.05, 0) is 0 Å². The standard InChI is InChI=1S/C7H7.C6H2F3.2BrH.2Mg/c1-7-5-3-2-4-6-7;7-4-2-1-3-5(8)6(4)9;;;;/h2-5H,1H3;2-3H;2*1H;;/q2*-1;;;2*+2/p-2. The van der Waals surface area contributed by atoms with E-state index >= 15 is 0 Å². The van der Waals surface area contributed by atoms with Gasteiger partial charge in [-0.1, -0.05) is 6.92 Å². The Morgan fingerprint density at radius 3 is 1.65 bits per heavy atom. The van der Waals surface area contributed by atoms with E-state index in [1.165, 1.54) is 5.56 Å². The van der Waals surface area contributed by atoms with Gasteiger partial charge < -0.3 is 34.0 Å². The average molecular weight is 431 g/mol. The molecule has 0 bridgehead atoms. The molecule has 0 N–H and O–H groups in total. The van der Waals surface area contributed by atoms with Gasteiger partial charge in [0.15, 0.2) is 0 Å². The molecule has 2 rings (SSSR count). The molecule has 0 radical (unpaired) electrons. The van der Waals surface area contributed by atoms with Crippen molar-refractivity contribution < 1.29 is 47.1 Å². The summed E-state index contributed by atoms with van der Waals surface area (Å²) in [5.74, 6) is -3.88. The normalized spacial score (nSPS) is 7.40. The second kappa shape index (κ2) is 16.1. The molecule has 0 saturated carbocycles. The van der Waals surface area contributed by atoms with Crippen molar-refractivity contribution in [3.8, 4) is 0 Å². The van der Waals surface area contributed by atoms with E-state index in [4.69, 9.17) is 0 Å². The van der Waals surface area contributed by atoms with Crippen LogP contribution in [0.4, 0.5) is 13.2 Å². The fourth-order valence-corrected chi connectivity index (χ4v) is 0.912. The molecule has 0 saturated heterocycles. The number of hydrogen-bond acceptors (Lipinski definition) is 0. The van der Waals surface area contributed by atoms with E-state index < -0.39 is 17.5 Å². The van der Waals surface area contributed by atoms with Crippen LogP contribution in [-0.2, 0) is 0 Å². The molecule has 0 fully saturated rings. The third-order valence-electron chi connectivity index (χ3n) is 1.70. The maximum Gasteiger partial charge on any atom is 2.00 e. The summed E-state index contributed by atoms with van der Waals surface area (Å²) in [6.07, 6.45) is 0. The van der Waals surface area contributed by atoms with Crippen molar-refractivity contribution in [1.29, 1.82) is 0 Å². The molecule has 20 heavy (non-hydrogen) atoms. The Balaban J connectivity index is -0.000000109. The van der Waals surface area contributed by atoms with Crippen LogP contribution in [0, 0.1) is 36.5 Å². The third kappa shape index (κ3) is 11.4. The van der Waals surface area contributed by atoms with E-state index in [2.05, 4.69) is 12.1 Å². The first-order chi connectivity index (χ1) is 7.61. The first-order valence-electron chi connectivity index (χ1n) is 4.55. The topological polar surface area (TPSA) is 0 Å². The van der Waals surface area contributed by atoms with E-state index in [1.54, 1.807) is 0 Å². The van der Waals surface area contributed by atoms with E-state index in [0.717, 1.165) is 12.1 Å². The summed E-state index contributed by atoms with van der Waals surface area (Å²) in [5, 5.41) is 0. The van der Waals surface area contributed by atoms with Crippen LogP contribution in [0.25, 0.3) is 0 Å². The fraction of sp³-hybridized carbons (Fsp3) is 0.0769. The molecule has 0 amide bonds. The van der Waals surface area contributed by atoms with Gasteiger partial charge in [0.05, 0.1) is 5.82 Å². The second-order valence-electron chi connectivity index (χ2n) is 3.01. The van der Waals surface area contributed by atoms with E-state index in [-0.39, 0.29) is 80.1 Å². The molecular formula is C13H9Br2F3Mg2. The quantitative estimate of drug-likeness (QED) is 0.237. The molecule has 0 aliphatic heterocycles. The van der Waals surface area contributed by atoms with Crippen LogP contribution < -0.4 is 34.0 Å². The Hall–Kier alpha value is 0.722. The first-order valence-corrected chi connectivity index (χ1v) is 4.55. The molecule has 0 unspecified atom stereocenters. The SMILES string of the molecule is Cc1[c-]cccc1.Fc1c[c-]cc(F)c1F.[Br-].[Br-].[Mg+2].[Mg+2]. The van der Waals surface area contributed by atoms with Gasteiger partial charge in [-0.25, -0.2) is 4.39 Å². The molecule has 2 aromatic carbocycles. The van der Waals surface area contributed by atoms with Gasteiger partial charge in [0.1, 0.15) is 0 Å². The average Bonchev–Trinajstić information content (AvgIpc) is 2.28. The zero-order chi connectivity index (χ0) is 12.0. The summed E-state index contributed by atoms with van der Waals surface area (Å²) in [5.41, 5.74) is 1.20. The van der Waals surface area contributed by atoms with E-state index in [1.807, 2.05) is 31.2 Å². The van der Waals surface area contributed by atoms with Crippen molar-refractivity contribution >= 4 is 46.1 Å². The maximum atomic E-state index is 12.0. The summed E-state index contributed by atoms with van der Waals surface area (Å²) in [6, 6.07) is 14.5. The van der Waals surface area contributed by atoms with Crippen molar-refractivity contribution in [3.63, 3.8) is 0 Å². The minimum absolute atomic E-state index is 0. The predicted molar refractivity (Wildman–Crippen MR) is 66.7 cm³/mol. The maximum absolute atomic E-state index is 12.0. The fourth-order valence-electron chi connectivity index (χ4n) is 0.912. The molecule has 0 nitrogen and oxygen atoms in total. The van der Waals surface area contributed by atoms with E-state index in [9.17, 15) is 13.2 Å². The summed E-state index contributed by atoms with van der Waals surface area (Å²) in [4.78, 5) is 0. The summed E-state index contributed by atoms with van der Waals surface area (Å²) in [6.45, 7) is 2.03. The molecule has 0 atom stereocenters. The summed E-state index contributed by atoms with van der Waals surface area (Å²) in [7, 11) is 0. The third-order valence-corrected chi connectivity index (χ3v) is 1.70. The van der Waals surface area contributed by atoms with Crippen LogP contribution in [0.2, 0.25) is 0 Å². The zero-order valence-corrected chi connectivity index (χ0v) is 16.8. The Bertz CT molecular complexity index is 436. The molecule has 0 aromatic heterocycles. The number of rotatable bonds is 0. The van der Waals surface area contributed by atoms with Gasteiger partial charge in [-0.3, -0.25) is 8.78 Å². The molecule has 7 heteroatoms. The van der Waals surface area contributed by atoms with Crippen molar-refractivity contribution in [2.24, 2.45) is 0 Å². The summed E-state index contributed by atoms with van der Waals surface area (Å²) < 4.78 is 35.8. The van der Waals surface area contributed by atoms with Gasteiger partial charge in [-0.15, -0.1) is 12.1 Å². The minimum atomic E-state index is -1.45. The molecule has 2 aromatic rings. The predicted octanol–water partition coefficient (Wildman–Crippen LogP) is -3.05. The minimum Gasteiger partial charge on any atom is -1.00 e. The number of benzene rings is 2. The van der Waals surface area contributed by atoms with Gasteiger partial charge in [0.2, 0.25) is 0 Å². The van der Waals surface area contributed by atoms with Crippen LogP contribution in [0.5, 0.6) is 0 Å². The number of hydrogen-bond donors (Lipinski definition) is 0. The number of aryl methyl sites for hydroxylation is 1. The Labute approximate surface area is 170 Å². The molecule has 0 heterocycles. The van der Waals surface area contributed by atoms with Crippen molar-refractivity contribution in [2.75, 3.05) is 0 Å². The zero-order valence-electron chi connectivity index (χ0n) is 10.8. The largest absolute Gasteiger partial charge is 2.00 e. The Kier molecular flexibility index (Phi) is 23.2. The van der Waals surface area contributed by atoms with Crippen LogP contribution in [-0.4, -0.2) is 46.1 Å². The van der Waals surface area contributed by atoms with Crippen molar-refractivity contribution in [2.45, 2.75) is 6.92 Å². The van der Waals surface area contributed by atoms with Crippen molar-refractivity contribution in [1.82, 2.24) is 0 Å². The van der Waals surface area contributed by atoms with Gasteiger partial charge >= 0.3 is 46.1 Å². The Morgan fingerprint density at radius 1 is 0.900 bits per heavy atom. The molecule has 0 aliphatic carbocycles. The van der Waals surface area contributed by atoms with Gasteiger partial charge in [0.25, 0.3) is 0 Å². The first kappa shape index (κ1) is 28.8. The van der Waals surface area contributed by atoms with Gasteiger partial charge in [-0.2, -0.15) is 42.0 Å². The Morgan fingerprint density at radius 2 is 1.40 bits per heavy atom. The van der Waals surface area contributed by atoms with Crippen LogP contribution in [0.1, 0.15) is 5.56 Å². The van der Waals surface area contributed by atoms with Gasteiger partial charge in [0, 0.05) is 11.6 Å². The monoisotopic (exact) mass is 428 g/mol. The van der Waals surface area contributed by atoms with E-state index in [0.29, 0.717) is 0 Å². The smallest absolute Gasteiger partial charge is 1.00 e.